The van der Waals surface area contributed by atoms with Gasteiger partial charge in [-0.1, -0.05) is 17.7 Å². The number of rotatable bonds is 7. The number of carbonyl (C=O) groups excluding carboxylic acids is 1. The van der Waals surface area contributed by atoms with Crippen molar-refractivity contribution in [2.45, 2.75) is 19.9 Å². The van der Waals surface area contributed by atoms with Crippen LogP contribution in [0.15, 0.2) is 47.7 Å². The van der Waals surface area contributed by atoms with Crippen molar-refractivity contribution in [2.75, 3.05) is 25.5 Å². The molecule has 3 N–H and O–H groups in total. The molecule has 2 aromatic rings. The Morgan fingerprint density at radius 1 is 1.20 bits per heavy atom. The summed E-state index contributed by atoms with van der Waals surface area (Å²) in [5.41, 5.74) is 1.69. The first-order valence-corrected chi connectivity index (χ1v) is 8.57. The second kappa shape index (κ2) is 9.74. The molecule has 1 amide bonds. The minimum Gasteiger partial charge on any atom is -0.356 e. The summed E-state index contributed by atoms with van der Waals surface area (Å²) in [5, 5.41) is 9.70. The van der Waals surface area contributed by atoms with E-state index in [9.17, 15) is 4.79 Å². The van der Waals surface area contributed by atoms with Crippen LogP contribution in [0, 0.1) is 6.92 Å². The largest absolute Gasteiger partial charge is 0.356 e. The molecule has 0 saturated heterocycles. The second-order valence-electron chi connectivity index (χ2n) is 5.63. The number of carbonyl (C=O) groups is 1. The van der Waals surface area contributed by atoms with Gasteiger partial charge in [-0.05, 0) is 36.8 Å². The molecule has 0 aliphatic rings. The van der Waals surface area contributed by atoms with Gasteiger partial charge in [-0.3, -0.25) is 9.79 Å². The van der Waals surface area contributed by atoms with Crippen molar-refractivity contribution in [1.29, 1.82) is 0 Å². The van der Waals surface area contributed by atoms with Gasteiger partial charge in [0.1, 0.15) is 0 Å². The average molecular weight is 362 g/mol. The topological polar surface area (TPSA) is 70.4 Å². The fourth-order valence-corrected chi connectivity index (χ4v) is 2.55. The lowest BCUT2D eigenvalue weighted by Gasteiger charge is -2.12. The van der Waals surface area contributed by atoms with Gasteiger partial charge in [0.2, 0.25) is 5.91 Å². The molecule has 7 heteroatoms. The molecule has 0 radical (unpaired) electrons. The molecular formula is C18H24ClN5O. The maximum atomic E-state index is 12.0. The number of hydrogen-bond acceptors (Lipinski definition) is 2. The Morgan fingerprint density at radius 2 is 1.92 bits per heavy atom. The standard InChI is InChI=1S/C18H24ClN5O/c1-14-5-6-16(15(19)13-14)23-17(25)7-8-21-18(20-2)22-9-12-24-10-3-4-11-24/h3-6,10-11,13H,7-9,12H2,1-2H3,(H,23,25)(H2,20,21,22). The van der Waals surface area contributed by atoms with E-state index >= 15 is 0 Å². The zero-order valence-electron chi connectivity index (χ0n) is 14.6. The van der Waals surface area contributed by atoms with Gasteiger partial charge in [-0.15, -0.1) is 0 Å². The van der Waals surface area contributed by atoms with Crippen LogP contribution in [0.3, 0.4) is 0 Å². The summed E-state index contributed by atoms with van der Waals surface area (Å²) >= 11 is 6.12. The van der Waals surface area contributed by atoms with Crippen LogP contribution < -0.4 is 16.0 Å². The Morgan fingerprint density at radius 3 is 2.60 bits per heavy atom. The molecule has 2 rings (SSSR count). The number of nitrogens with one attached hydrogen (secondary N) is 3. The quantitative estimate of drug-likeness (QED) is 0.524. The van der Waals surface area contributed by atoms with Crippen LogP contribution in [0.2, 0.25) is 5.02 Å². The average Bonchev–Trinajstić information content (AvgIpc) is 3.09. The Hall–Kier alpha value is -2.47. The summed E-state index contributed by atoms with van der Waals surface area (Å²) in [6.07, 6.45) is 4.35. The summed E-state index contributed by atoms with van der Waals surface area (Å²) in [6, 6.07) is 9.53. The smallest absolute Gasteiger partial charge is 0.226 e. The van der Waals surface area contributed by atoms with E-state index in [1.54, 1.807) is 7.05 Å². The number of guanidine groups is 1. The molecular weight excluding hydrogens is 338 g/mol. The lowest BCUT2D eigenvalue weighted by molar-refractivity contribution is -0.116. The van der Waals surface area contributed by atoms with Crippen LogP contribution in [-0.2, 0) is 11.3 Å². The number of anilines is 1. The van der Waals surface area contributed by atoms with Crippen molar-refractivity contribution in [2.24, 2.45) is 4.99 Å². The van der Waals surface area contributed by atoms with Gasteiger partial charge in [0.05, 0.1) is 10.7 Å². The zero-order chi connectivity index (χ0) is 18.1. The van der Waals surface area contributed by atoms with Crippen molar-refractivity contribution in [3.63, 3.8) is 0 Å². The summed E-state index contributed by atoms with van der Waals surface area (Å²) in [4.78, 5) is 16.2. The molecule has 0 fully saturated rings. The number of aryl methyl sites for hydroxylation is 1. The number of nitrogens with zero attached hydrogens (tertiary/aromatic N) is 2. The number of aromatic nitrogens is 1. The van der Waals surface area contributed by atoms with Crippen LogP contribution >= 0.6 is 11.6 Å². The van der Waals surface area contributed by atoms with Crippen molar-refractivity contribution in [1.82, 2.24) is 15.2 Å². The number of benzene rings is 1. The normalized spacial score (nSPS) is 11.2. The van der Waals surface area contributed by atoms with Crippen molar-refractivity contribution in [3.05, 3.63) is 53.3 Å². The van der Waals surface area contributed by atoms with Crippen LogP contribution in [0.1, 0.15) is 12.0 Å². The zero-order valence-corrected chi connectivity index (χ0v) is 15.3. The van der Waals surface area contributed by atoms with E-state index in [4.69, 9.17) is 11.6 Å². The Bertz CT molecular complexity index is 712. The molecule has 0 bridgehead atoms. The Balaban J connectivity index is 1.68. The number of hydrogen-bond donors (Lipinski definition) is 3. The first-order valence-electron chi connectivity index (χ1n) is 8.20. The van der Waals surface area contributed by atoms with Crippen molar-refractivity contribution in [3.8, 4) is 0 Å². The van der Waals surface area contributed by atoms with Gasteiger partial charge in [0.25, 0.3) is 0 Å². The van der Waals surface area contributed by atoms with E-state index in [2.05, 4.69) is 25.5 Å². The fourth-order valence-electron chi connectivity index (χ4n) is 2.27. The van der Waals surface area contributed by atoms with Crippen molar-refractivity contribution < 1.29 is 4.79 Å². The number of halogens is 1. The van der Waals surface area contributed by atoms with Gasteiger partial charge >= 0.3 is 0 Å². The third-order valence-electron chi connectivity index (χ3n) is 3.60. The summed E-state index contributed by atoms with van der Waals surface area (Å²) in [6.45, 7) is 4.04. The molecule has 1 aromatic carbocycles. The van der Waals surface area contributed by atoms with E-state index in [0.717, 1.165) is 18.7 Å². The molecule has 0 spiro atoms. The molecule has 0 saturated carbocycles. The molecule has 25 heavy (non-hydrogen) atoms. The van der Waals surface area contributed by atoms with Crippen LogP contribution in [0.5, 0.6) is 0 Å². The van der Waals surface area contributed by atoms with Crippen molar-refractivity contribution >= 4 is 29.2 Å². The van der Waals surface area contributed by atoms with E-state index in [1.807, 2.05) is 49.6 Å². The van der Waals surface area contributed by atoms with Gasteiger partial charge in [0.15, 0.2) is 5.96 Å². The molecule has 134 valence electrons. The summed E-state index contributed by atoms with van der Waals surface area (Å²) in [7, 11) is 1.71. The maximum absolute atomic E-state index is 12.0. The fraction of sp³-hybridized carbons (Fsp3) is 0.333. The summed E-state index contributed by atoms with van der Waals surface area (Å²) < 4.78 is 2.08. The predicted molar refractivity (Wildman–Crippen MR) is 103 cm³/mol. The van der Waals surface area contributed by atoms with Gasteiger partial charge in [-0.25, -0.2) is 0 Å². The molecule has 1 aromatic heterocycles. The Labute approximate surface area is 153 Å². The molecule has 0 aliphatic heterocycles. The lowest BCUT2D eigenvalue weighted by Crippen LogP contribution is -2.40. The molecule has 6 nitrogen and oxygen atoms in total. The monoisotopic (exact) mass is 361 g/mol. The lowest BCUT2D eigenvalue weighted by atomic mass is 10.2. The third-order valence-corrected chi connectivity index (χ3v) is 3.91. The van der Waals surface area contributed by atoms with E-state index in [-0.39, 0.29) is 5.91 Å². The molecule has 0 atom stereocenters. The van der Waals surface area contributed by atoms with E-state index < -0.39 is 0 Å². The highest BCUT2D eigenvalue weighted by atomic mass is 35.5. The van der Waals surface area contributed by atoms with Gasteiger partial charge in [0, 0.05) is 45.5 Å². The van der Waals surface area contributed by atoms with E-state index in [1.165, 1.54) is 0 Å². The predicted octanol–water partition coefficient (Wildman–Crippen LogP) is 2.64. The second-order valence-corrected chi connectivity index (χ2v) is 6.04. The van der Waals surface area contributed by atoms with Gasteiger partial charge < -0.3 is 20.5 Å². The first-order chi connectivity index (χ1) is 12.1. The van der Waals surface area contributed by atoms with Crippen LogP contribution in [0.25, 0.3) is 0 Å². The Kier molecular flexibility index (Phi) is 7.35. The van der Waals surface area contributed by atoms with Crippen LogP contribution in [-0.4, -0.2) is 36.6 Å². The number of aliphatic imine (C=N–C) groups is 1. The minimum atomic E-state index is -0.0963. The maximum Gasteiger partial charge on any atom is 0.226 e. The SMILES string of the molecule is CN=C(NCCC(=O)Nc1ccc(C)cc1Cl)NCCn1cccc1. The van der Waals surface area contributed by atoms with E-state index in [0.29, 0.717) is 29.6 Å². The highest BCUT2D eigenvalue weighted by molar-refractivity contribution is 6.33. The third kappa shape index (κ3) is 6.51. The molecule has 0 unspecified atom stereocenters. The molecule has 0 aliphatic carbocycles. The highest BCUT2D eigenvalue weighted by Crippen LogP contribution is 2.22. The minimum absolute atomic E-state index is 0.0963. The number of amides is 1. The van der Waals surface area contributed by atoms with Gasteiger partial charge in [-0.2, -0.15) is 0 Å². The highest BCUT2D eigenvalue weighted by Gasteiger charge is 2.06. The first kappa shape index (κ1) is 18.9. The summed E-state index contributed by atoms with van der Waals surface area (Å²) in [5.74, 6) is 0.578. The molecule has 1 heterocycles. The van der Waals surface area contributed by atoms with Crippen LogP contribution in [0.4, 0.5) is 5.69 Å².